The zero-order valence-corrected chi connectivity index (χ0v) is 14.7. The van der Waals surface area contributed by atoms with Crippen LogP contribution in [0.2, 0.25) is 0 Å². The van der Waals surface area contributed by atoms with Crippen LogP contribution in [0.25, 0.3) is 0 Å². The normalized spacial score (nSPS) is 16.1. The molecule has 1 aliphatic heterocycles. The Hall–Kier alpha value is -3.42. The summed E-state index contributed by atoms with van der Waals surface area (Å²) < 4.78 is 18.3. The van der Waals surface area contributed by atoms with Crippen LogP contribution >= 0.6 is 0 Å². The highest BCUT2D eigenvalue weighted by molar-refractivity contribution is 6.10. The highest BCUT2D eigenvalue weighted by atomic mass is 19.1. The number of nitrogens with zero attached hydrogens (tertiary/aromatic N) is 1. The predicted octanol–water partition coefficient (Wildman–Crippen LogP) is 2.52. The van der Waals surface area contributed by atoms with E-state index in [1.165, 1.54) is 24.3 Å². The molecule has 0 aliphatic carbocycles. The summed E-state index contributed by atoms with van der Waals surface area (Å²) >= 11 is 0. The minimum atomic E-state index is -0.881. The van der Waals surface area contributed by atoms with E-state index in [0.717, 1.165) is 5.75 Å². The minimum Gasteiger partial charge on any atom is -0.494 e. The van der Waals surface area contributed by atoms with Gasteiger partial charge in [-0.2, -0.15) is 0 Å². The number of amides is 2. The lowest BCUT2D eigenvalue weighted by atomic mass is 10.1. The molecule has 140 valence electrons. The average Bonchev–Trinajstić information content (AvgIpc) is 2.65. The molecule has 1 atom stereocenters. The molecule has 0 saturated carbocycles. The Kier molecular flexibility index (Phi) is 5.65. The Bertz CT molecular complexity index is 850. The Morgan fingerprint density at radius 2 is 1.85 bits per heavy atom. The second-order valence-corrected chi connectivity index (χ2v) is 5.82. The van der Waals surface area contributed by atoms with Crippen molar-refractivity contribution in [3.63, 3.8) is 0 Å². The van der Waals surface area contributed by atoms with Crippen LogP contribution < -0.4 is 20.7 Å². The van der Waals surface area contributed by atoms with Gasteiger partial charge in [-0.25, -0.2) is 9.38 Å². The van der Waals surface area contributed by atoms with Gasteiger partial charge in [-0.1, -0.05) is 0 Å². The molecule has 0 spiro atoms. The van der Waals surface area contributed by atoms with Gasteiger partial charge in [-0.3, -0.25) is 14.9 Å². The Morgan fingerprint density at radius 3 is 2.52 bits per heavy atom. The zero-order valence-electron chi connectivity index (χ0n) is 14.7. The highest BCUT2D eigenvalue weighted by Crippen LogP contribution is 2.17. The maximum atomic E-state index is 13.0. The molecule has 3 N–H and O–H groups in total. The number of halogens is 1. The van der Waals surface area contributed by atoms with Gasteiger partial charge in [0.25, 0.3) is 0 Å². The van der Waals surface area contributed by atoms with Crippen molar-refractivity contribution < 1.29 is 18.7 Å². The van der Waals surface area contributed by atoms with Crippen LogP contribution in [0.4, 0.5) is 15.8 Å². The van der Waals surface area contributed by atoms with E-state index in [1.54, 1.807) is 24.3 Å². The molecule has 7 nitrogen and oxygen atoms in total. The SMILES string of the molecule is CCOc1ccc(NC2=N[C@@H](C(=O)Nc3ccc(F)cc3)CC(=O)N2)cc1. The first-order valence-corrected chi connectivity index (χ1v) is 8.47. The van der Waals surface area contributed by atoms with Gasteiger partial charge >= 0.3 is 0 Å². The van der Waals surface area contributed by atoms with E-state index < -0.39 is 17.8 Å². The topological polar surface area (TPSA) is 91.8 Å². The lowest BCUT2D eigenvalue weighted by molar-refractivity contribution is -0.124. The van der Waals surface area contributed by atoms with E-state index in [4.69, 9.17) is 4.74 Å². The second-order valence-electron chi connectivity index (χ2n) is 5.82. The van der Waals surface area contributed by atoms with Crippen molar-refractivity contribution >= 4 is 29.1 Å². The first-order valence-electron chi connectivity index (χ1n) is 8.47. The standard InChI is InChI=1S/C19H19FN4O3/c1-2-27-15-9-7-14(8-10-15)22-19-23-16(11-17(25)24-19)18(26)21-13-5-3-12(20)4-6-13/h3-10,16H,2,11H2,1H3,(H,21,26)(H2,22,23,24,25)/t16-/m1/s1. The highest BCUT2D eigenvalue weighted by Gasteiger charge is 2.27. The number of ether oxygens (including phenoxy) is 1. The molecular weight excluding hydrogens is 351 g/mol. The summed E-state index contributed by atoms with van der Waals surface area (Å²) in [4.78, 5) is 28.6. The molecule has 27 heavy (non-hydrogen) atoms. The number of carbonyl (C=O) groups is 2. The van der Waals surface area contributed by atoms with Crippen molar-refractivity contribution in [3.8, 4) is 5.75 Å². The molecule has 2 aromatic rings. The molecule has 0 radical (unpaired) electrons. The maximum Gasteiger partial charge on any atom is 0.249 e. The predicted molar refractivity (Wildman–Crippen MR) is 100 cm³/mol. The van der Waals surface area contributed by atoms with E-state index in [1.807, 2.05) is 6.92 Å². The Labute approximate surface area is 155 Å². The second kappa shape index (κ2) is 8.31. The van der Waals surface area contributed by atoms with Gasteiger partial charge in [0.1, 0.15) is 17.6 Å². The zero-order chi connectivity index (χ0) is 19.2. The van der Waals surface area contributed by atoms with Gasteiger partial charge in [0, 0.05) is 11.4 Å². The fourth-order valence-electron chi connectivity index (χ4n) is 2.50. The first-order chi connectivity index (χ1) is 13.0. The van der Waals surface area contributed by atoms with E-state index in [-0.39, 0.29) is 18.3 Å². The summed E-state index contributed by atoms with van der Waals surface area (Å²) in [7, 11) is 0. The van der Waals surface area contributed by atoms with Crippen LogP contribution in [-0.2, 0) is 9.59 Å². The number of hydrogen-bond donors (Lipinski definition) is 3. The quantitative estimate of drug-likeness (QED) is 0.754. The molecule has 0 bridgehead atoms. The van der Waals surface area contributed by atoms with Gasteiger partial charge < -0.3 is 15.4 Å². The van der Waals surface area contributed by atoms with E-state index >= 15 is 0 Å². The molecule has 2 aromatic carbocycles. The molecule has 0 saturated heterocycles. The van der Waals surface area contributed by atoms with Crippen molar-refractivity contribution in [1.82, 2.24) is 5.32 Å². The molecule has 2 amide bonds. The molecule has 1 heterocycles. The molecule has 0 aromatic heterocycles. The van der Waals surface area contributed by atoms with Crippen molar-refractivity contribution in [2.24, 2.45) is 4.99 Å². The van der Waals surface area contributed by atoms with Crippen molar-refractivity contribution in [2.75, 3.05) is 17.2 Å². The number of rotatable bonds is 5. The summed E-state index contributed by atoms with van der Waals surface area (Å²) in [5.41, 5.74) is 1.13. The molecular formula is C19H19FN4O3. The number of nitrogens with one attached hydrogen (secondary N) is 3. The maximum absolute atomic E-state index is 13.0. The van der Waals surface area contributed by atoms with E-state index in [2.05, 4.69) is 20.9 Å². The number of benzene rings is 2. The van der Waals surface area contributed by atoms with Crippen LogP contribution in [0.1, 0.15) is 13.3 Å². The van der Waals surface area contributed by atoms with Gasteiger partial charge in [-0.05, 0) is 55.5 Å². The first kappa shape index (κ1) is 18.4. The van der Waals surface area contributed by atoms with Crippen molar-refractivity contribution in [2.45, 2.75) is 19.4 Å². The molecule has 3 rings (SSSR count). The van der Waals surface area contributed by atoms with Crippen LogP contribution in [0.5, 0.6) is 5.75 Å². The van der Waals surface area contributed by atoms with E-state index in [0.29, 0.717) is 18.0 Å². The summed E-state index contributed by atoms with van der Waals surface area (Å²) in [5.74, 6) is -0.242. The largest absolute Gasteiger partial charge is 0.494 e. The van der Waals surface area contributed by atoms with E-state index in [9.17, 15) is 14.0 Å². The average molecular weight is 370 g/mol. The lowest BCUT2D eigenvalue weighted by Gasteiger charge is -2.21. The third-order valence-electron chi connectivity index (χ3n) is 3.76. The molecule has 0 fully saturated rings. The van der Waals surface area contributed by atoms with Crippen LogP contribution in [0, 0.1) is 5.82 Å². The van der Waals surface area contributed by atoms with Crippen LogP contribution in [-0.4, -0.2) is 30.4 Å². The van der Waals surface area contributed by atoms with Crippen molar-refractivity contribution in [3.05, 3.63) is 54.3 Å². The third-order valence-corrected chi connectivity index (χ3v) is 3.76. The number of carbonyl (C=O) groups excluding carboxylic acids is 2. The fourth-order valence-corrected chi connectivity index (χ4v) is 2.50. The van der Waals surface area contributed by atoms with Crippen LogP contribution in [0.15, 0.2) is 53.5 Å². The van der Waals surface area contributed by atoms with Crippen molar-refractivity contribution in [1.29, 1.82) is 0 Å². The monoisotopic (exact) mass is 370 g/mol. The summed E-state index contributed by atoms with van der Waals surface area (Å²) in [6.45, 7) is 2.47. The lowest BCUT2D eigenvalue weighted by Crippen LogP contribution is -2.45. The smallest absolute Gasteiger partial charge is 0.249 e. The Morgan fingerprint density at radius 1 is 1.19 bits per heavy atom. The Balaban J connectivity index is 1.68. The molecule has 8 heteroatoms. The number of aliphatic imine (C=N–C) groups is 1. The molecule has 1 aliphatic rings. The van der Waals surface area contributed by atoms with Gasteiger partial charge in [0.15, 0.2) is 0 Å². The fraction of sp³-hybridized carbons (Fsp3) is 0.211. The number of guanidine groups is 1. The summed E-state index contributed by atoms with van der Waals surface area (Å²) in [6, 6.07) is 11.6. The minimum absolute atomic E-state index is 0.0680. The number of anilines is 2. The van der Waals surface area contributed by atoms with Gasteiger partial charge in [0.2, 0.25) is 17.8 Å². The van der Waals surface area contributed by atoms with Gasteiger partial charge in [0.05, 0.1) is 13.0 Å². The molecule has 0 unspecified atom stereocenters. The summed E-state index contributed by atoms with van der Waals surface area (Å²) in [6.07, 6.45) is -0.0680. The number of hydrogen-bond acceptors (Lipinski definition) is 5. The summed E-state index contributed by atoms with van der Waals surface area (Å²) in [5, 5.41) is 8.20. The van der Waals surface area contributed by atoms with Gasteiger partial charge in [-0.15, -0.1) is 0 Å². The van der Waals surface area contributed by atoms with Crippen LogP contribution in [0.3, 0.4) is 0 Å². The third kappa shape index (κ3) is 5.04.